The topological polar surface area (TPSA) is 139 Å². The first-order chi connectivity index (χ1) is 15.8. The third kappa shape index (κ3) is 6.41. The van der Waals surface area contributed by atoms with E-state index in [2.05, 4.69) is 25.7 Å². The fraction of sp³-hybridized carbons (Fsp3) is 0.263. The molecule has 0 bridgehead atoms. The van der Waals surface area contributed by atoms with Crippen LogP contribution in [0, 0.1) is 5.13 Å². The van der Waals surface area contributed by atoms with Gasteiger partial charge in [-0.2, -0.15) is 13.8 Å². The van der Waals surface area contributed by atoms with E-state index < -0.39 is 21.1 Å². The zero-order chi connectivity index (χ0) is 23.8. The van der Waals surface area contributed by atoms with Crippen LogP contribution in [0.25, 0.3) is 0 Å². The van der Waals surface area contributed by atoms with Gasteiger partial charge in [0.15, 0.2) is 22.6 Å². The molecule has 0 saturated heterocycles. The van der Waals surface area contributed by atoms with Gasteiger partial charge in [-0.1, -0.05) is 28.6 Å². The average Bonchev–Trinajstić information content (AvgIpc) is 3.46. The molecule has 0 fully saturated rings. The van der Waals surface area contributed by atoms with Gasteiger partial charge in [-0.3, -0.25) is 15.2 Å². The molecule has 1 amide bonds. The van der Waals surface area contributed by atoms with Gasteiger partial charge in [0.25, 0.3) is 5.91 Å². The first-order valence-electron chi connectivity index (χ1n) is 9.48. The summed E-state index contributed by atoms with van der Waals surface area (Å²) in [6.45, 7) is 0.441. The van der Waals surface area contributed by atoms with Gasteiger partial charge in [-0.15, -0.1) is 0 Å². The molecular weight excluding hydrogens is 475 g/mol. The third-order valence-corrected chi connectivity index (χ3v) is 6.87. The summed E-state index contributed by atoms with van der Waals surface area (Å²) >= 11 is 0.652. The number of oxime groups is 1. The van der Waals surface area contributed by atoms with Crippen LogP contribution in [0.3, 0.4) is 0 Å². The number of rotatable bonds is 11. The van der Waals surface area contributed by atoms with E-state index in [0.717, 1.165) is 10.5 Å². The lowest BCUT2D eigenvalue weighted by molar-refractivity contribution is -0.110. The molecule has 2 aromatic heterocycles. The summed E-state index contributed by atoms with van der Waals surface area (Å²) in [5.74, 6) is -0.707. The van der Waals surface area contributed by atoms with Crippen LogP contribution in [-0.4, -0.2) is 66.8 Å². The minimum absolute atomic E-state index is 0.0133. The Kier molecular flexibility index (Phi) is 8.21. The van der Waals surface area contributed by atoms with Gasteiger partial charge in [0.05, 0.1) is 23.4 Å². The van der Waals surface area contributed by atoms with Crippen LogP contribution in [0.4, 0.5) is 9.52 Å². The molecule has 0 unspecified atom stereocenters. The number of thiazole rings is 1. The molecule has 11 nitrogen and oxygen atoms in total. The van der Waals surface area contributed by atoms with Crippen molar-refractivity contribution in [3.8, 4) is 0 Å². The van der Waals surface area contributed by atoms with Crippen LogP contribution in [0.2, 0.25) is 0 Å². The van der Waals surface area contributed by atoms with Crippen LogP contribution in [-0.2, 0) is 31.0 Å². The van der Waals surface area contributed by atoms with E-state index >= 15 is 0 Å². The standard InChI is InChI=1S/C19H21FN6O5S2/c1-26(9-10-30-2)33(28,29)15-5-3-13(4-6-15)17(25-31-12-14-7-8-22-24-14)18(27)23-19-21-11-16(20)32-19/h3-8,11H,9-10,12H2,1-2H3,(H,22,24)(H,21,23,27). The highest BCUT2D eigenvalue weighted by Gasteiger charge is 2.22. The van der Waals surface area contributed by atoms with E-state index in [1.807, 2.05) is 0 Å². The highest BCUT2D eigenvalue weighted by Crippen LogP contribution is 2.18. The number of hydrogen-bond acceptors (Lipinski definition) is 9. The number of benzene rings is 1. The summed E-state index contributed by atoms with van der Waals surface area (Å²) in [5.41, 5.74) is 0.760. The second-order valence-corrected chi connectivity index (χ2v) is 9.59. The predicted molar refractivity (Wildman–Crippen MR) is 119 cm³/mol. The van der Waals surface area contributed by atoms with Crippen molar-refractivity contribution in [1.29, 1.82) is 0 Å². The predicted octanol–water partition coefficient (Wildman–Crippen LogP) is 1.83. The van der Waals surface area contributed by atoms with Crippen molar-refractivity contribution in [2.75, 3.05) is 32.6 Å². The zero-order valence-electron chi connectivity index (χ0n) is 17.7. The normalized spacial score (nSPS) is 12.2. The van der Waals surface area contributed by atoms with Crippen LogP contribution in [0.1, 0.15) is 11.3 Å². The van der Waals surface area contributed by atoms with Crippen molar-refractivity contribution >= 4 is 38.1 Å². The maximum Gasteiger partial charge on any atom is 0.280 e. The van der Waals surface area contributed by atoms with Crippen LogP contribution in [0.5, 0.6) is 0 Å². The number of likely N-dealkylation sites (N-methyl/N-ethyl adjacent to an activating group) is 1. The Balaban J connectivity index is 1.83. The van der Waals surface area contributed by atoms with E-state index in [0.29, 0.717) is 17.0 Å². The number of halogens is 1. The number of carbonyl (C=O) groups is 1. The average molecular weight is 497 g/mol. The second-order valence-electron chi connectivity index (χ2n) is 6.56. The number of H-pyrrole nitrogens is 1. The number of amides is 1. The molecule has 0 radical (unpaired) electrons. The van der Waals surface area contributed by atoms with Crippen LogP contribution in [0.15, 0.2) is 52.8 Å². The Hall–Kier alpha value is -3.20. The molecule has 33 heavy (non-hydrogen) atoms. The number of aromatic amines is 1. The highest BCUT2D eigenvalue weighted by atomic mass is 32.2. The monoisotopic (exact) mass is 496 g/mol. The molecule has 0 saturated carbocycles. The van der Waals surface area contributed by atoms with E-state index in [9.17, 15) is 17.6 Å². The Morgan fingerprint density at radius 3 is 2.67 bits per heavy atom. The number of aromatic nitrogens is 3. The Bertz CT molecular complexity index is 1200. The van der Waals surface area contributed by atoms with Gasteiger partial charge in [0.1, 0.15) is 0 Å². The number of ether oxygens (including phenoxy) is 1. The number of nitrogens with zero attached hydrogens (tertiary/aromatic N) is 4. The summed E-state index contributed by atoms with van der Waals surface area (Å²) in [6, 6.07) is 7.24. The van der Waals surface area contributed by atoms with Gasteiger partial charge in [0.2, 0.25) is 10.0 Å². The van der Waals surface area contributed by atoms with E-state index in [1.54, 1.807) is 6.07 Å². The lowest BCUT2D eigenvalue weighted by Crippen LogP contribution is -2.30. The molecule has 3 rings (SSSR count). The number of sulfonamides is 1. The molecule has 0 atom stereocenters. The fourth-order valence-electron chi connectivity index (χ4n) is 2.53. The zero-order valence-corrected chi connectivity index (χ0v) is 19.3. The molecule has 176 valence electrons. The van der Waals surface area contributed by atoms with Crippen LogP contribution < -0.4 is 5.32 Å². The lowest BCUT2D eigenvalue weighted by atomic mass is 10.1. The summed E-state index contributed by atoms with van der Waals surface area (Å²) in [6.07, 6.45) is 2.52. The highest BCUT2D eigenvalue weighted by molar-refractivity contribution is 7.89. The maximum atomic E-state index is 13.2. The van der Waals surface area contributed by atoms with E-state index in [1.165, 1.54) is 44.6 Å². The Morgan fingerprint density at radius 2 is 2.06 bits per heavy atom. The molecule has 0 aliphatic heterocycles. The lowest BCUT2D eigenvalue weighted by Gasteiger charge is -2.17. The SMILES string of the molecule is COCCN(C)S(=O)(=O)c1ccc(C(=NOCc2ccn[nH]2)C(=O)Nc2ncc(F)s2)cc1. The molecule has 0 spiro atoms. The number of nitrogens with one attached hydrogen (secondary N) is 2. The maximum absolute atomic E-state index is 13.2. The second kappa shape index (κ2) is 11.1. The quantitative estimate of drug-likeness (QED) is 0.305. The molecule has 3 aromatic rings. The van der Waals surface area contributed by atoms with E-state index in [4.69, 9.17) is 9.57 Å². The molecule has 2 heterocycles. The Morgan fingerprint density at radius 1 is 1.30 bits per heavy atom. The number of hydrogen-bond donors (Lipinski definition) is 2. The summed E-state index contributed by atoms with van der Waals surface area (Å²) in [5, 5.41) is 12.3. The molecule has 14 heteroatoms. The van der Waals surface area contributed by atoms with Crippen molar-refractivity contribution in [2.45, 2.75) is 11.5 Å². The molecule has 2 N–H and O–H groups in total. The minimum atomic E-state index is -3.75. The van der Waals surface area contributed by atoms with Crippen LogP contribution >= 0.6 is 11.3 Å². The summed E-state index contributed by atoms with van der Waals surface area (Å²) in [4.78, 5) is 21.8. The smallest absolute Gasteiger partial charge is 0.280 e. The van der Waals surface area contributed by atoms with Gasteiger partial charge in [0, 0.05) is 32.5 Å². The first kappa shape index (κ1) is 24.4. The van der Waals surface area contributed by atoms with Crippen molar-refractivity contribution in [1.82, 2.24) is 19.5 Å². The van der Waals surface area contributed by atoms with Gasteiger partial charge in [-0.05, 0) is 18.2 Å². The van der Waals surface area contributed by atoms with Crippen molar-refractivity contribution in [3.63, 3.8) is 0 Å². The van der Waals surface area contributed by atoms with Crippen molar-refractivity contribution < 1.29 is 27.2 Å². The van der Waals surface area contributed by atoms with Gasteiger partial charge in [-0.25, -0.2) is 13.4 Å². The van der Waals surface area contributed by atoms with Crippen molar-refractivity contribution in [3.05, 3.63) is 59.1 Å². The molecule has 1 aromatic carbocycles. The number of anilines is 1. The van der Waals surface area contributed by atoms with Crippen molar-refractivity contribution in [2.24, 2.45) is 5.16 Å². The Labute approximate surface area is 193 Å². The van der Waals surface area contributed by atoms with Gasteiger partial charge < -0.3 is 9.57 Å². The number of carbonyl (C=O) groups excluding carboxylic acids is 1. The molecule has 0 aliphatic carbocycles. The molecular formula is C19H21FN6O5S2. The van der Waals surface area contributed by atoms with Gasteiger partial charge >= 0.3 is 0 Å². The summed E-state index contributed by atoms with van der Waals surface area (Å²) in [7, 11) is -0.820. The fourth-order valence-corrected chi connectivity index (χ4v) is 4.22. The molecule has 0 aliphatic rings. The number of methoxy groups -OCH3 is 1. The minimum Gasteiger partial charge on any atom is -0.389 e. The largest absolute Gasteiger partial charge is 0.389 e. The third-order valence-electron chi connectivity index (χ3n) is 4.29. The summed E-state index contributed by atoms with van der Waals surface area (Å²) < 4.78 is 44.7. The van der Waals surface area contributed by atoms with E-state index in [-0.39, 0.29) is 41.1 Å². The first-order valence-corrected chi connectivity index (χ1v) is 11.7.